The van der Waals surface area contributed by atoms with E-state index in [9.17, 15) is 9.59 Å². The molecule has 23 heavy (non-hydrogen) atoms. The van der Waals surface area contributed by atoms with Gasteiger partial charge in [0, 0.05) is 0 Å². The van der Waals surface area contributed by atoms with Crippen LogP contribution in [0.1, 0.15) is 66.7 Å². The van der Waals surface area contributed by atoms with E-state index in [1.807, 2.05) is 0 Å². The molecule has 1 aliphatic rings. The minimum atomic E-state index is -0.730. The third-order valence-electron chi connectivity index (χ3n) is 3.44. The highest BCUT2D eigenvalue weighted by Gasteiger charge is 2.33. The Morgan fingerprint density at radius 1 is 1.00 bits per heavy atom. The molecule has 1 saturated carbocycles. The first-order valence-electron chi connectivity index (χ1n) is 8.40. The van der Waals surface area contributed by atoms with E-state index in [0.29, 0.717) is 25.4 Å². The zero-order chi connectivity index (χ0) is 17.5. The van der Waals surface area contributed by atoms with Crippen LogP contribution in [0.3, 0.4) is 0 Å². The van der Waals surface area contributed by atoms with Gasteiger partial charge in [0.15, 0.2) is 0 Å². The second-order valence-corrected chi connectivity index (χ2v) is 7.34. The molecule has 1 rings (SSSR count). The third-order valence-corrected chi connectivity index (χ3v) is 3.44. The van der Waals surface area contributed by atoms with Gasteiger partial charge in [-0.1, -0.05) is 13.8 Å². The van der Waals surface area contributed by atoms with Gasteiger partial charge in [0.1, 0.15) is 17.8 Å². The summed E-state index contributed by atoms with van der Waals surface area (Å²) in [6.07, 6.45) is 1.59. The average molecular weight is 330 g/mol. The van der Waals surface area contributed by atoms with Crippen molar-refractivity contribution in [3.63, 3.8) is 0 Å². The topological polar surface area (TPSA) is 71.1 Å². The van der Waals surface area contributed by atoms with Crippen LogP contribution >= 0.6 is 0 Å². The highest BCUT2D eigenvalue weighted by atomic mass is 16.8. The summed E-state index contributed by atoms with van der Waals surface area (Å²) in [6.45, 7) is 9.77. The molecule has 2 unspecified atom stereocenters. The van der Waals surface area contributed by atoms with E-state index in [2.05, 4.69) is 13.8 Å². The van der Waals surface area contributed by atoms with Gasteiger partial charge in [0.2, 0.25) is 0 Å². The van der Waals surface area contributed by atoms with E-state index in [1.165, 1.54) is 0 Å². The van der Waals surface area contributed by atoms with Gasteiger partial charge in [-0.25, -0.2) is 9.59 Å². The maximum atomic E-state index is 11.8. The maximum absolute atomic E-state index is 11.8. The fourth-order valence-electron chi connectivity index (χ4n) is 2.27. The van der Waals surface area contributed by atoms with Crippen LogP contribution < -0.4 is 0 Å². The number of rotatable bonds is 5. The molecule has 0 aliphatic heterocycles. The molecule has 6 nitrogen and oxygen atoms in total. The first-order chi connectivity index (χ1) is 10.7. The first kappa shape index (κ1) is 19.6. The molecular weight excluding hydrogens is 300 g/mol. The molecule has 2 atom stereocenters. The molecule has 134 valence electrons. The standard InChI is InChI=1S/C17H30O6/c1-12(2)10-11-20-15(18)21-13-8-6-7-9-14(13)22-16(19)23-17(3,4)5/h12-14H,6-11H2,1-5H3. The molecule has 0 radical (unpaired) electrons. The Morgan fingerprint density at radius 3 is 2.00 bits per heavy atom. The van der Waals surface area contributed by atoms with Gasteiger partial charge < -0.3 is 18.9 Å². The monoisotopic (exact) mass is 330 g/mol. The summed E-state index contributed by atoms with van der Waals surface area (Å²) in [5, 5.41) is 0. The van der Waals surface area contributed by atoms with Crippen molar-refractivity contribution in [1.82, 2.24) is 0 Å². The predicted molar refractivity (Wildman–Crippen MR) is 85.3 cm³/mol. The summed E-state index contributed by atoms with van der Waals surface area (Å²) in [6, 6.07) is 0. The van der Waals surface area contributed by atoms with Crippen LogP contribution in [0.25, 0.3) is 0 Å². The summed E-state index contributed by atoms with van der Waals surface area (Å²) in [7, 11) is 0. The molecule has 1 fully saturated rings. The lowest BCUT2D eigenvalue weighted by molar-refractivity contribution is -0.0855. The molecule has 0 amide bonds. The van der Waals surface area contributed by atoms with Crippen molar-refractivity contribution in [2.75, 3.05) is 6.61 Å². The summed E-state index contributed by atoms with van der Waals surface area (Å²) in [5.41, 5.74) is -0.613. The SMILES string of the molecule is CC(C)CCOC(=O)OC1CCCCC1OC(=O)OC(C)(C)C. The Labute approximate surface area is 138 Å². The lowest BCUT2D eigenvalue weighted by atomic mass is 9.95. The molecule has 0 aromatic rings. The first-order valence-corrected chi connectivity index (χ1v) is 8.40. The Balaban J connectivity index is 2.44. The highest BCUT2D eigenvalue weighted by Crippen LogP contribution is 2.25. The molecule has 0 aromatic carbocycles. The number of carbonyl (C=O) groups excluding carboxylic acids is 2. The Bertz CT molecular complexity index is 385. The van der Waals surface area contributed by atoms with Crippen molar-refractivity contribution in [1.29, 1.82) is 0 Å². The van der Waals surface area contributed by atoms with Gasteiger partial charge in [-0.2, -0.15) is 0 Å². The minimum Gasteiger partial charge on any atom is -0.434 e. The van der Waals surface area contributed by atoms with Gasteiger partial charge in [-0.3, -0.25) is 0 Å². The number of carbonyl (C=O) groups is 2. The molecule has 0 aromatic heterocycles. The molecule has 0 spiro atoms. The average Bonchev–Trinajstić information content (AvgIpc) is 2.38. The Kier molecular flexibility index (Phi) is 7.65. The predicted octanol–water partition coefficient (Wildman–Crippen LogP) is 4.45. The van der Waals surface area contributed by atoms with E-state index in [-0.39, 0.29) is 0 Å². The van der Waals surface area contributed by atoms with Crippen molar-refractivity contribution in [2.45, 2.75) is 84.5 Å². The van der Waals surface area contributed by atoms with Crippen LogP contribution in [0.15, 0.2) is 0 Å². The lowest BCUT2D eigenvalue weighted by Crippen LogP contribution is -2.39. The summed E-state index contributed by atoms with van der Waals surface area (Å²) in [5.74, 6) is 0.459. The van der Waals surface area contributed by atoms with Gasteiger partial charge in [0.25, 0.3) is 0 Å². The molecule has 0 N–H and O–H groups in total. The van der Waals surface area contributed by atoms with Crippen LogP contribution in [0, 0.1) is 5.92 Å². The van der Waals surface area contributed by atoms with Crippen LogP contribution in [0.5, 0.6) is 0 Å². The smallest absolute Gasteiger partial charge is 0.434 e. The molecule has 6 heteroatoms. The zero-order valence-corrected chi connectivity index (χ0v) is 14.9. The van der Waals surface area contributed by atoms with Crippen molar-refractivity contribution in [3.8, 4) is 0 Å². The Hall–Kier alpha value is -1.46. The lowest BCUT2D eigenvalue weighted by Gasteiger charge is -2.31. The van der Waals surface area contributed by atoms with Gasteiger partial charge in [-0.15, -0.1) is 0 Å². The normalized spacial score (nSPS) is 21.7. The van der Waals surface area contributed by atoms with Crippen LogP contribution in [-0.4, -0.2) is 36.7 Å². The van der Waals surface area contributed by atoms with Crippen LogP contribution in [0.4, 0.5) is 9.59 Å². The highest BCUT2D eigenvalue weighted by molar-refractivity contribution is 5.61. The molecule has 0 bridgehead atoms. The fourth-order valence-corrected chi connectivity index (χ4v) is 2.27. The van der Waals surface area contributed by atoms with E-state index >= 15 is 0 Å². The second-order valence-electron chi connectivity index (χ2n) is 7.34. The summed E-state index contributed by atoms with van der Waals surface area (Å²) in [4.78, 5) is 23.5. The van der Waals surface area contributed by atoms with E-state index in [4.69, 9.17) is 18.9 Å². The maximum Gasteiger partial charge on any atom is 0.509 e. The number of hydrogen-bond acceptors (Lipinski definition) is 6. The van der Waals surface area contributed by atoms with E-state index in [0.717, 1.165) is 19.3 Å². The van der Waals surface area contributed by atoms with Gasteiger partial charge >= 0.3 is 12.3 Å². The summed E-state index contributed by atoms with van der Waals surface area (Å²) >= 11 is 0. The number of ether oxygens (including phenoxy) is 4. The van der Waals surface area contributed by atoms with E-state index < -0.39 is 30.1 Å². The Morgan fingerprint density at radius 2 is 1.52 bits per heavy atom. The quantitative estimate of drug-likeness (QED) is 0.694. The third kappa shape index (κ3) is 8.67. The minimum absolute atomic E-state index is 0.334. The molecule has 0 saturated heterocycles. The van der Waals surface area contributed by atoms with Crippen molar-refractivity contribution < 1.29 is 28.5 Å². The zero-order valence-electron chi connectivity index (χ0n) is 14.9. The largest absolute Gasteiger partial charge is 0.509 e. The molecular formula is C17H30O6. The van der Waals surface area contributed by atoms with Gasteiger partial charge in [-0.05, 0) is 58.8 Å². The van der Waals surface area contributed by atoms with Gasteiger partial charge in [0.05, 0.1) is 6.61 Å². The second kappa shape index (κ2) is 8.99. The van der Waals surface area contributed by atoms with Crippen LogP contribution in [-0.2, 0) is 18.9 Å². The van der Waals surface area contributed by atoms with Crippen molar-refractivity contribution in [2.24, 2.45) is 5.92 Å². The number of hydrogen-bond donors (Lipinski definition) is 0. The van der Waals surface area contributed by atoms with E-state index in [1.54, 1.807) is 20.8 Å². The van der Waals surface area contributed by atoms with Crippen LogP contribution in [0.2, 0.25) is 0 Å². The molecule has 0 heterocycles. The summed E-state index contributed by atoms with van der Waals surface area (Å²) < 4.78 is 20.9. The fraction of sp³-hybridized carbons (Fsp3) is 0.882. The van der Waals surface area contributed by atoms with Crippen molar-refractivity contribution in [3.05, 3.63) is 0 Å². The van der Waals surface area contributed by atoms with Crippen molar-refractivity contribution >= 4 is 12.3 Å². The molecule has 1 aliphatic carbocycles.